The lowest BCUT2D eigenvalue weighted by molar-refractivity contribution is -0.141. The van der Waals surface area contributed by atoms with Crippen LogP contribution in [0.1, 0.15) is 45.2 Å². The van der Waals surface area contributed by atoms with Crippen molar-refractivity contribution < 1.29 is 9.53 Å². The van der Waals surface area contributed by atoms with E-state index in [1.54, 1.807) is 6.08 Å². The topological polar surface area (TPSA) is 50.1 Å². The molecule has 1 unspecified atom stereocenters. The van der Waals surface area contributed by atoms with Crippen LogP contribution in [0.5, 0.6) is 0 Å². The largest absolute Gasteiger partial charge is 0.355 e. The normalized spacial score (nSPS) is 28.9. The molecule has 0 saturated carbocycles. The molecule has 1 atom stereocenters. The average Bonchev–Trinajstić information content (AvgIpc) is 2.62. The number of rotatable bonds is 0. The summed E-state index contributed by atoms with van der Waals surface area (Å²) in [5, 5.41) is 9.32. The summed E-state index contributed by atoms with van der Waals surface area (Å²) in [4.78, 5) is 12.3. The summed E-state index contributed by atoms with van der Waals surface area (Å²) in [5.74, 6) is -0.0959. The third kappa shape index (κ3) is 1.86. The number of hydrogen-bond acceptors (Lipinski definition) is 3. The number of allylic oxidation sites excluding steroid dienone is 1. The van der Waals surface area contributed by atoms with E-state index >= 15 is 0 Å². The molecule has 1 aromatic carbocycles. The van der Waals surface area contributed by atoms with Crippen molar-refractivity contribution >= 4 is 5.78 Å². The Kier molecular flexibility index (Phi) is 2.71. The Labute approximate surface area is 125 Å². The van der Waals surface area contributed by atoms with Crippen LogP contribution in [0.25, 0.3) is 0 Å². The van der Waals surface area contributed by atoms with Crippen LogP contribution < -0.4 is 0 Å². The molecule has 1 heterocycles. The summed E-state index contributed by atoms with van der Waals surface area (Å²) >= 11 is 0. The first-order chi connectivity index (χ1) is 9.72. The second-order valence-corrected chi connectivity index (χ2v) is 7.11. The van der Waals surface area contributed by atoms with Crippen molar-refractivity contribution in [3.63, 3.8) is 0 Å². The van der Waals surface area contributed by atoms with Crippen molar-refractivity contribution in [2.24, 2.45) is 5.41 Å². The highest BCUT2D eigenvalue weighted by Crippen LogP contribution is 2.55. The van der Waals surface area contributed by atoms with Crippen LogP contribution >= 0.6 is 0 Å². The molecule has 3 nitrogen and oxygen atoms in total. The van der Waals surface area contributed by atoms with Gasteiger partial charge in [0.05, 0.1) is 11.2 Å². The van der Waals surface area contributed by atoms with Crippen LogP contribution in [-0.2, 0) is 20.7 Å². The number of Topliss-reactive ketones (excluding diaryl/α,β-unsaturated/α-hetero) is 1. The fraction of sp³-hybridized carbons (Fsp3) is 0.444. The van der Waals surface area contributed by atoms with E-state index in [4.69, 9.17) is 4.74 Å². The molecule has 3 heteroatoms. The quantitative estimate of drug-likeness (QED) is 0.730. The number of hydrogen-bond donors (Lipinski definition) is 0. The molecule has 3 rings (SSSR count). The minimum absolute atomic E-state index is 0.0959. The van der Waals surface area contributed by atoms with Gasteiger partial charge in [0.2, 0.25) is 0 Å². The van der Waals surface area contributed by atoms with E-state index in [9.17, 15) is 10.1 Å². The predicted molar refractivity (Wildman–Crippen MR) is 79.3 cm³/mol. The monoisotopic (exact) mass is 281 g/mol. The SMILES string of the molecule is CC1(C)CC2(C=C(C#N)C1=O)OC(C)(C)c1ccccc12. The van der Waals surface area contributed by atoms with Gasteiger partial charge in [0.15, 0.2) is 5.78 Å². The minimum atomic E-state index is -0.678. The second kappa shape index (κ2) is 4.05. The Morgan fingerprint density at radius 3 is 2.38 bits per heavy atom. The van der Waals surface area contributed by atoms with Crippen LogP contribution in [-0.4, -0.2) is 5.78 Å². The summed E-state index contributed by atoms with van der Waals surface area (Å²) in [6.07, 6.45) is 2.29. The number of carbonyl (C=O) groups excluding carboxylic acids is 1. The molecular formula is C18H19NO2. The number of ketones is 1. The highest BCUT2D eigenvalue weighted by atomic mass is 16.5. The average molecular weight is 281 g/mol. The zero-order chi connectivity index (χ0) is 15.5. The number of fused-ring (bicyclic) bond motifs is 2. The van der Waals surface area contributed by atoms with Gasteiger partial charge >= 0.3 is 0 Å². The van der Waals surface area contributed by atoms with Crippen molar-refractivity contribution in [2.45, 2.75) is 45.3 Å². The van der Waals surface area contributed by atoms with E-state index in [1.165, 1.54) is 0 Å². The van der Waals surface area contributed by atoms with Gasteiger partial charge in [-0.05, 0) is 37.5 Å². The standard InChI is InChI=1S/C18H19NO2/c1-16(2)11-18(9-12(10-19)15(16)20)14-8-6-5-7-13(14)17(3,4)21-18/h5-9H,11H2,1-4H3. The molecule has 21 heavy (non-hydrogen) atoms. The molecule has 1 aromatic rings. The van der Waals surface area contributed by atoms with E-state index < -0.39 is 16.6 Å². The van der Waals surface area contributed by atoms with E-state index in [0.717, 1.165) is 11.1 Å². The fourth-order valence-electron chi connectivity index (χ4n) is 3.72. The maximum atomic E-state index is 12.3. The van der Waals surface area contributed by atoms with Gasteiger partial charge in [-0.15, -0.1) is 0 Å². The van der Waals surface area contributed by atoms with Crippen LogP contribution in [0.4, 0.5) is 0 Å². The molecule has 0 radical (unpaired) electrons. The van der Waals surface area contributed by atoms with Crippen molar-refractivity contribution in [3.05, 3.63) is 47.0 Å². The first-order valence-corrected chi connectivity index (χ1v) is 7.20. The van der Waals surface area contributed by atoms with Gasteiger partial charge in [0, 0.05) is 5.41 Å². The molecule has 1 aliphatic heterocycles. The zero-order valence-corrected chi connectivity index (χ0v) is 12.9. The van der Waals surface area contributed by atoms with Gasteiger partial charge in [0.1, 0.15) is 11.7 Å². The first-order valence-electron chi connectivity index (χ1n) is 7.20. The molecule has 0 N–H and O–H groups in total. The van der Waals surface area contributed by atoms with Crippen LogP contribution in [0, 0.1) is 16.7 Å². The highest BCUT2D eigenvalue weighted by Gasteiger charge is 2.54. The van der Waals surface area contributed by atoms with E-state index in [1.807, 2.05) is 45.9 Å². The summed E-state index contributed by atoms with van der Waals surface area (Å²) in [6.45, 7) is 7.84. The summed E-state index contributed by atoms with van der Waals surface area (Å²) in [5.41, 5.74) is 0.700. The van der Waals surface area contributed by atoms with Crippen molar-refractivity contribution in [2.75, 3.05) is 0 Å². The third-order valence-electron chi connectivity index (χ3n) is 4.53. The maximum absolute atomic E-state index is 12.3. The van der Waals surface area contributed by atoms with Crippen LogP contribution in [0.3, 0.4) is 0 Å². The summed E-state index contributed by atoms with van der Waals surface area (Å²) in [6, 6.07) is 10.1. The van der Waals surface area contributed by atoms with Crippen LogP contribution in [0.2, 0.25) is 0 Å². The molecule has 0 aromatic heterocycles. The molecular weight excluding hydrogens is 262 g/mol. The van der Waals surface area contributed by atoms with Gasteiger partial charge < -0.3 is 4.74 Å². The maximum Gasteiger partial charge on any atom is 0.178 e. The molecule has 1 aliphatic carbocycles. The summed E-state index contributed by atoms with van der Waals surface area (Å²) in [7, 11) is 0. The molecule has 0 fully saturated rings. The van der Waals surface area contributed by atoms with E-state index in [-0.39, 0.29) is 11.4 Å². The van der Waals surface area contributed by atoms with Gasteiger partial charge in [-0.3, -0.25) is 4.79 Å². The zero-order valence-electron chi connectivity index (χ0n) is 12.9. The van der Waals surface area contributed by atoms with Crippen molar-refractivity contribution in [1.29, 1.82) is 5.26 Å². The van der Waals surface area contributed by atoms with Gasteiger partial charge in [-0.2, -0.15) is 5.26 Å². The molecule has 0 saturated heterocycles. The number of nitriles is 1. The van der Waals surface area contributed by atoms with Gasteiger partial charge in [-0.1, -0.05) is 38.1 Å². The summed E-state index contributed by atoms with van der Waals surface area (Å²) < 4.78 is 6.38. The fourth-order valence-corrected chi connectivity index (χ4v) is 3.72. The van der Waals surface area contributed by atoms with Crippen molar-refractivity contribution in [1.82, 2.24) is 0 Å². The Balaban J connectivity index is 2.27. The minimum Gasteiger partial charge on any atom is -0.355 e. The first kappa shape index (κ1) is 14.0. The molecule has 2 aliphatic rings. The third-order valence-corrected chi connectivity index (χ3v) is 4.53. The van der Waals surface area contributed by atoms with E-state index in [0.29, 0.717) is 6.42 Å². The Bertz CT molecular complexity index is 706. The lowest BCUT2D eigenvalue weighted by atomic mass is 9.68. The van der Waals surface area contributed by atoms with Gasteiger partial charge in [0.25, 0.3) is 0 Å². The number of ether oxygens (including phenoxy) is 1. The van der Waals surface area contributed by atoms with Crippen LogP contribution in [0.15, 0.2) is 35.9 Å². The Hall–Kier alpha value is -1.92. The smallest absolute Gasteiger partial charge is 0.178 e. The molecule has 108 valence electrons. The Morgan fingerprint density at radius 2 is 1.76 bits per heavy atom. The Morgan fingerprint density at radius 1 is 1.14 bits per heavy atom. The second-order valence-electron chi connectivity index (χ2n) is 7.11. The number of nitrogens with zero attached hydrogens (tertiary/aromatic N) is 1. The molecule has 0 bridgehead atoms. The lowest BCUT2D eigenvalue weighted by Gasteiger charge is -2.40. The van der Waals surface area contributed by atoms with E-state index in [2.05, 4.69) is 12.1 Å². The number of benzene rings is 1. The number of carbonyl (C=O) groups is 1. The molecule has 1 spiro atoms. The lowest BCUT2D eigenvalue weighted by Crippen LogP contribution is -2.41. The predicted octanol–water partition coefficient (Wildman–Crippen LogP) is 3.60. The van der Waals surface area contributed by atoms with Gasteiger partial charge in [-0.25, -0.2) is 0 Å². The molecule has 0 amide bonds. The highest BCUT2D eigenvalue weighted by molar-refractivity contribution is 6.04. The van der Waals surface area contributed by atoms with Crippen molar-refractivity contribution in [3.8, 4) is 6.07 Å².